The van der Waals surface area contributed by atoms with E-state index in [1.807, 2.05) is 0 Å². The van der Waals surface area contributed by atoms with E-state index in [1.54, 1.807) is 6.92 Å². The number of hydrogen-bond donors (Lipinski definition) is 1. The molecule has 1 rings (SSSR count). The fourth-order valence-electron chi connectivity index (χ4n) is 0.869. The van der Waals surface area contributed by atoms with Gasteiger partial charge in [-0.3, -0.25) is 4.55 Å². The predicted octanol–water partition coefficient (Wildman–Crippen LogP) is 1.55. The Morgan fingerprint density at radius 1 is 1.50 bits per heavy atom. The van der Waals surface area contributed by atoms with Crippen molar-refractivity contribution < 1.29 is 17.1 Å². The van der Waals surface area contributed by atoms with E-state index in [2.05, 4.69) is 0 Å². The highest BCUT2D eigenvalue weighted by Crippen LogP contribution is 2.15. The van der Waals surface area contributed by atoms with Crippen molar-refractivity contribution >= 4 is 10.1 Å². The maximum Gasteiger partial charge on any atom is 0.294 e. The summed E-state index contributed by atoms with van der Waals surface area (Å²) in [5.41, 5.74) is 0.263. The maximum absolute atomic E-state index is 10.9. The molecule has 1 aromatic carbocycles. The monoisotopic (exact) mass is 189 g/mol. The summed E-state index contributed by atoms with van der Waals surface area (Å²) in [5.74, 6) is 0. The summed E-state index contributed by atoms with van der Waals surface area (Å²) in [5, 5.41) is 0. The van der Waals surface area contributed by atoms with E-state index in [-0.39, 0.29) is 5.56 Å². The summed E-state index contributed by atoms with van der Waals surface area (Å²) in [7, 11) is -4.49. The lowest BCUT2D eigenvalue weighted by atomic mass is 10.2. The van der Waals surface area contributed by atoms with E-state index >= 15 is 0 Å². The highest BCUT2D eigenvalue weighted by Gasteiger charge is 2.11. The Hall–Kier alpha value is -0.870. The van der Waals surface area contributed by atoms with Crippen molar-refractivity contribution in [2.24, 2.45) is 0 Å². The first-order chi connectivity index (χ1) is 6.62. The Morgan fingerprint density at radius 2 is 2.17 bits per heavy atom. The molecule has 0 unspecified atom stereocenters. The lowest BCUT2D eigenvalue weighted by Crippen LogP contribution is -2.00. The fourth-order valence-corrected chi connectivity index (χ4v) is 1.45. The first kappa shape index (κ1) is 5.72. The molecule has 0 atom stereocenters. The van der Waals surface area contributed by atoms with Crippen LogP contribution in [0.4, 0.5) is 0 Å². The summed E-state index contributed by atoms with van der Waals surface area (Å²) < 4.78 is 52.1. The minimum absolute atomic E-state index is 0.356. The van der Waals surface area contributed by atoms with E-state index < -0.39 is 21.9 Å². The molecule has 0 aliphatic carbocycles. The molecule has 12 heavy (non-hydrogen) atoms. The molecule has 0 fully saturated rings. The van der Waals surface area contributed by atoms with Gasteiger partial charge in [-0.25, -0.2) is 0 Å². The summed E-state index contributed by atoms with van der Waals surface area (Å²) in [6, 6.07) is 3.75. The molecule has 0 saturated carbocycles. The van der Waals surface area contributed by atoms with Crippen LogP contribution in [0.2, 0.25) is 0 Å². The van der Waals surface area contributed by atoms with Crippen molar-refractivity contribution in [1.82, 2.24) is 0 Å². The van der Waals surface area contributed by atoms with Crippen LogP contribution in [0.5, 0.6) is 0 Å². The third kappa shape index (κ3) is 1.84. The number of hydrogen-bond acceptors (Lipinski definition) is 2. The van der Waals surface area contributed by atoms with Gasteiger partial charge in [-0.05, 0) is 25.4 Å². The van der Waals surface area contributed by atoms with Gasteiger partial charge in [-0.15, -0.1) is 0 Å². The third-order valence-electron chi connectivity index (χ3n) is 1.41. The zero-order chi connectivity index (χ0) is 11.9. The highest BCUT2D eigenvalue weighted by atomic mass is 32.2. The van der Waals surface area contributed by atoms with Gasteiger partial charge in [0.25, 0.3) is 10.1 Å². The molecule has 0 amide bonds. The van der Waals surface area contributed by atoms with Crippen LogP contribution in [0, 0.1) is 13.8 Å². The molecular weight excluding hydrogens is 176 g/mol. The Labute approximate surface area is 76.0 Å². The Morgan fingerprint density at radius 3 is 2.67 bits per heavy atom. The molecule has 0 aromatic heterocycles. The molecule has 0 saturated heterocycles. The average molecular weight is 189 g/mol. The van der Waals surface area contributed by atoms with Gasteiger partial charge in [0.05, 0.1) is 4.90 Å². The average Bonchev–Trinajstić information content (AvgIpc) is 2.00. The Bertz CT molecular complexity index is 476. The molecule has 0 aliphatic rings. The summed E-state index contributed by atoms with van der Waals surface area (Å²) >= 11 is 0. The van der Waals surface area contributed by atoms with Crippen molar-refractivity contribution in [1.29, 1.82) is 0 Å². The van der Waals surface area contributed by atoms with Crippen molar-refractivity contribution in [3.8, 4) is 0 Å². The molecule has 0 bridgehead atoms. The van der Waals surface area contributed by atoms with Crippen LogP contribution in [0.15, 0.2) is 23.1 Å². The minimum Gasteiger partial charge on any atom is -0.282 e. The van der Waals surface area contributed by atoms with E-state index in [0.717, 1.165) is 6.07 Å². The Kier molecular flexibility index (Phi) is 1.37. The fraction of sp³-hybridized carbons (Fsp3) is 0.250. The first-order valence-electron chi connectivity index (χ1n) is 4.71. The SMILES string of the molecule is [2H]C([2H])([2H])c1cc(C)ccc1S(=O)(=O)O. The molecule has 1 N–H and O–H groups in total. The van der Waals surface area contributed by atoms with Crippen LogP contribution in [-0.2, 0) is 10.1 Å². The van der Waals surface area contributed by atoms with Crippen LogP contribution < -0.4 is 0 Å². The lowest BCUT2D eigenvalue weighted by Gasteiger charge is -2.02. The second-order valence-electron chi connectivity index (χ2n) is 2.47. The number of benzene rings is 1. The van der Waals surface area contributed by atoms with Crippen molar-refractivity contribution in [2.75, 3.05) is 0 Å². The molecule has 66 valence electrons. The topological polar surface area (TPSA) is 54.4 Å². The molecule has 4 heteroatoms. The molecule has 1 aromatic rings. The van der Waals surface area contributed by atoms with Gasteiger partial charge < -0.3 is 0 Å². The summed E-state index contributed by atoms with van der Waals surface area (Å²) in [6.45, 7) is -0.917. The van der Waals surface area contributed by atoms with Gasteiger partial charge >= 0.3 is 0 Å². The van der Waals surface area contributed by atoms with Gasteiger partial charge in [0.1, 0.15) is 0 Å². The van der Waals surface area contributed by atoms with Gasteiger partial charge in [-0.2, -0.15) is 8.42 Å². The molecule has 0 spiro atoms. The molecular formula is C8H10O3S. The lowest BCUT2D eigenvalue weighted by molar-refractivity contribution is 0.482. The quantitative estimate of drug-likeness (QED) is 0.682. The summed E-state index contributed by atoms with van der Waals surface area (Å²) in [4.78, 5) is -0.562. The van der Waals surface area contributed by atoms with Crippen LogP contribution >= 0.6 is 0 Å². The molecule has 0 heterocycles. The van der Waals surface area contributed by atoms with Gasteiger partial charge in [0, 0.05) is 4.11 Å². The zero-order valence-corrected chi connectivity index (χ0v) is 7.22. The zero-order valence-electron chi connectivity index (χ0n) is 9.40. The molecule has 0 radical (unpaired) electrons. The normalized spacial score (nSPS) is 16.3. The van der Waals surface area contributed by atoms with E-state index in [0.29, 0.717) is 5.56 Å². The first-order valence-corrected chi connectivity index (χ1v) is 4.65. The van der Waals surface area contributed by atoms with Crippen LogP contribution in [0.25, 0.3) is 0 Å². The van der Waals surface area contributed by atoms with Crippen molar-refractivity contribution in [3.63, 3.8) is 0 Å². The largest absolute Gasteiger partial charge is 0.294 e. The molecule has 0 aliphatic heterocycles. The van der Waals surface area contributed by atoms with Crippen molar-refractivity contribution in [2.45, 2.75) is 18.7 Å². The second-order valence-corrected chi connectivity index (χ2v) is 3.86. The van der Waals surface area contributed by atoms with Gasteiger partial charge in [0.15, 0.2) is 0 Å². The van der Waals surface area contributed by atoms with Crippen LogP contribution in [0.3, 0.4) is 0 Å². The number of aryl methyl sites for hydroxylation is 2. The second kappa shape index (κ2) is 2.88. The van der Waals surface area contributed by atoms with E-state index in [1.165, 1.54) is 12.1 Å². The minimum atomic E-state index is -4.49. The Balaban J connectivity index is 3.55. The standard InChI is InChI=1S/C8H10O3S/c1-6-3-4-8(7(2)5-6)12(9,10)11/h3-5H,1-2H3,(H,9,10,11)/i2D3. The van der Waals surface area contributed by atoms with Gasteiger partial charge in [-0.1, -0.05) is 17.7 Å². The van der Waals surface area contributed by atoms with Crippen LogP contribution in [-0.4, -0.2) is 13.0 Å². The number of rotatable bonds is 1. The van der Waals surface area contributed by atoms with Gasteiger partial charge in [0.2, 0.25) is 0 Å². The van der Waals surface area contributed by atoms with Crippen LogP contribution in [0.1, 0.15) is 15.2 Å². The predicted molar refractivity (Wildman–Crippen MR) is 45.7 cm³/mol. The third-order valence-corrected chi connectivity index (χ3v) is 2.32. The van der Waals surface area contributed by atoms with E-state index in [4.69, 9.17) is 8.67 Å². The highest BCUT2D eigenvalue weighted by molar-refractivity contribution is 7.85. The smallest absolute Gasteiger partial charge is 0.282 e. The molecule has 3 nitrogen and oxygen atoms in total. The maximum atomic E-state index is 10.9. The van der Waals surface area contributed by atoms with Crippen molar-refractivity contribution in [3.05, 3.63) is 29.3 Å². The summed E-state index contributed by atoms with van der Waals surface area (Å²) in [6.07, 6.45) is 0. The van der Waals surface area contributed by atoms with E-state index in [9.17, 15) is 8.42 Å².